The second kappa shape index (κ2) is 8.93. The highest BCUT2D eigenvalue weighted by molar-refractivity contribution is 5.68. The Morgan fingerprint density at radius 1 is 0.968 bits per heavy atom. The van der Waals surface area contributed by atoms with E-state index in [1.165, 1.54) is 12.1 Å². The Hall–Kier alpha value is -1.89. The Labute approximate surface area is 182 Å². The summed E-state index contributed by atoms with van der Waals surface area (Å²) in [4.78, 5) is 1.94. The highest BCUT2D eigenvalue weighted by Crippen LogP contribution is 2.39. The molecule has 6 heteroatoms. The number of aliphatic hydroxyl groups excluding tert-OH is 1. The molecule has 0 aromatic heterocycles. The molecule has 31 heavy (non-hydrogen) atoms. The number of benzene rings is 2. The molecule has 3 nitrogen and oxygen atoms in total. The number of hydrogen-bond acceptors (Lipinski definition) is 3. The van der Waals surface area contributed by atoms with Gasteiger partial charge in [0, 0.05) is 19.0 Å². The van der Waals surface area contributed by atoms with Gasteiger partial charge in [-0.3, -0.25) is 4.90 Å². The molecule has 2 N–H and O–H groups in total. The van der Waals surface area contributed by atoms with Crippen LogP contribution in [0.2, 0.25) is 0 Å². The van der Waals surface area contributed by atoms with Crippen LogP contribution in [0, 0.1) is 11.8 Å². The summed E-state index contributed by atoms with van der Waals surface area (Å²) in [5.74, 6) is 0.418. The topological polar surface area (TPSA) is 43.7 Å². The van der Waals surface area contributed by atoms with Crippen LogP contribution in [0.25, 0.3) is 11.1 Å². The zero-order chi connectivity index (χ0) is 23.0. The Kier molecular flexibility index (Phi) is 6.84. The molecular weight excluding hydrogens is 403 g/mol. The van der Waals surface area contributed by atoms with Crippen molar-refractivity contribution in [2.24, 2.45) is 11.8 Å². The second-order valence-corrected chi connectivity index (χ2v) is 9.38. The largest absolute Gasteiger partial charge is 0.416 e. The minimum absolute atomic E-state index is 0.434. The zero-order valence-electron chi connectivity index (χ0n) is 18.5. The van der Waals surface area contributed by atoms with Crippen molar-refractivity contribution >= 4 is 0 Å². The van der Waals surface area contributed by atoms with Crippen LogP contribution < -0.4 is 0 Å². The number of alkyl halides is 3. The summed E-state index contributed by atoms with van der Waals surface area (Å²) in [6.07, 6.45) is -4.34. The molecule has 1 saturated heterocycles. The molecule has 3 rings (SSSR count). The predicted molar refractivity (Wildman–Crippen MR) is 116 cm³/mol. The van der Waals surface area contributed by atoms with Gasteiger partial charge < -0.3 is 10.2 Å². The smallest absolute Gasteiger partial charge is 0.385 e. The molecule has 2 aromatic rings. The molecule has 1 heterocycles. The van der Waals surface area contributed by atoms with Crippen molar-refractivity contribution in [2.45, 2.75) is 58.0 Å². The van der Waals surface area contributed by atoms with E-state index >= 15 is 0 Å². The van der Waals surface area contributed by atoms with E-state index in [9.17, 15) is 23.4 Å². The van der Waals surface area contributed by atoms with Crippen molar-refractivity contribution in [3.8, 4) is 11.1 Å². The lowest BCUT2D eigenvalue weighted by Gasteiger charge is -2.45. The van der Waals surface area contributed by atoms with Gasteiger partial charge in [-0.15, -0.1) is 0 Å². The van der Waals surface area contributed by atoms with Crippen LogP contribution >= 0.6 is 0 Å². The number of rotatable bonds is 5. The summed E-state index contributed by atoms with van der Waals surface area (Å²) in [5.41, 5.74) is 0.0261. The van der Waals surface area contributed by atoms with Crippen molar-refractivity contribution in [2.75, 3.05) is 13.1 Å². The lowest BCUT2D eigenvalue weighted by Crippen LogP contribution is -2.57. The van der Waals surface area contributed by atoms with Gasteiger partial charge in [-0.05, 0) is 54.0 Å². The van der Waals surface area contributed by atoms with Gasteiger partial charge >= 0.3 is 6.18 Å². The highest BCUT2D eigenvalue weighted by atomic mass is 19.4. The maximum Gasteiger partial charge on any atom is 0.416 e. The van der Waals surface area contributed by atoms with Gasteiger partial charge in [0.2, 0.25) is 0 Å². The van der Waals surface area contributed by atoms with Crippen LogP contribution in [0.3, 0.4) is 0 Å². The lowest BCUT2D eigenvalue weighted by atomic mass is 9.79. The van der Waals surface area contributed by atoms with E-state index in [4.69, 9.17) is 0 Å². The zero-order valence-corrected chi connectivity index (χ0v) is 18.5. The van der Waals surface area contributed by atoms with Crippen LogP contribution in [0.4, 0.5) is 13.2 Å². The van der Waals surface area contributed by atoms with Gasteiger partial charge in [0.1, 0.15) is 11.8 Å². The molecule has 170 valence electrons. The number of nitrogens with zero attached hydrogens (tertiary/aromatic N) is 1. The number of piperidine rings is 1. The number of halogens is 3. The molecule has 0 amide bonds. The first-order chi connectivity index (χ1) is 14.4. The molecule has 1 fully saturated rings. The van der Waals surface area contributed by atoms with E-state index in [-0.39, 0.29) is 0 Å². The minimum Gasteiger partial charge on any atom is -0.385 e. The molecule has 0 saturated carbocycles. The first kappa shape index (κ1) is 23.8. The molecule has 1 aliphatic heterocycles. The molecule has 5 unspecified atom stereocenters. The van der Waals surface area contributed by atoms with Crippen molar-refractivity contribution in [3.05, 3.63) is 59.7 Å². The van der Waals surface area contributed by atoms with Crippen LogP contribution in [0.5, 0.6) is 0 Å². The third kappa shape index (κ3) is 5.13. The quantitative estimate of drug-likeness (QED) is 0.650. The minimum atomic E-state index is -4.39. The third-order valence-electron chi connectivity index (χ3n) is 6.59. The van der Waals surface area contributed by atoms with Gasteiger partial charge in [-0.2, -0.15) is 13.2 Å². The van der Waals surface area contributed by atoms with Crippen LogP contribution in [-0.4, -0.2) is 40.0 Å². The van der Waals surface area contributed by atoms with Crippen molar-refractivity contribution < 1.29 is 23.4 Å². The normalized spacial score (nSPS) is 24.4. The monoisotopic (exact) mass is 435 g/mol. The maximum atomic E-state index is 12.9. The molecule has 2 aromatic carbocycles. The summed E-state index contributed by atoms with van der Waals surface area (Å²) >= 11 is 0. The van der Waals surface area contributed by atoms with E-state index in [1.807, 2.05) is 36.1 Å². The van der Waals surface area contributed by atoms with Crippen molar-refractivity contribution in [1.29, 1.82) is 0 Å². The summed E-state index contributed by atoms with van der Waals surface area (Å²) in [6.45, 7) is 9.21. The summed E-state index contributed by atoms with van der Waals surface area (Å²) in [5, 5.41) is 22.5. The van der Waals surface area contributed by atoms with E-state index in [1.54, 1.807) is 6.92 Å². The predicted octanol–water partition coefficient (Wildman–Crippen LogP) is 5.52. The molecule has 5 atom stereocenters. The van der Waals surface area contributed by atoms with Crippen LogP contribution in [-0.2, 0) is 6.18 Å². The molecule has 0 bridgehead atoms. The standard InChI is InChI=1S/C25H32F3NO2/c1-16-13-17(2)15-29(14-16)23(30)24(4,31)18(3)21-7-5-6-8-22(21)19-9-11-20(12-10-19)25(26,27)28/h5-12,16-18,23,30-31H,13-15H2,1-4H3. The highest BCUT2D eigenvalue weighted by Gasteiger charge is 2.42. The summed E-state index contributed by atoms with van der Waals surface area (Å²) in [6, 6.07) is 12.4. The lowest BCUT2D eigenvalue weighted by molar-refractivity contribution is -0.162. The molecule has 1 aliphatic rings. The summed E-state index contributed by atoms with van der Waals surface area (Å²) < 4.78 is 38.8. The average molecular weight is 436 g/mol. The third-order valence-corrected chi connectivity index (χ3v) is 6.59. The fraction of sp³-hybridized carbons (Fsp3) is 0.520. The van der Waals surface area contributed by atoms with Gasteiger partial charge in [0.25, 0.3) is 0 Å². The Balaban J connectivity index is 1.90. The molecule has 0 spiro atoms. The average Bonchev–Trinajstić information content (AvgIpc) is 2.71. The molecule has 0 radical (unpaired) electrons. The van der Waals surface area contributed by atoms with Crippen molar-refractivity contribution in [3.63, 3.8) is 0 Å². The summed E-state index contributed by atoms with van der Waals surface area (Å²) in [7, 11) is 0. The van der Waals surface area contributed by atoms with Crippen LogP contribution in [0.15, 0.2) is 48.5 Å². The van der Waals surface area contributed by atoms with E-state index in [2.05, 4.69) is 13.8 Å². The molecule has 0 aliphatic carbocycles. The van der Waals surface area contributed by atoms with Gasteiger partial charge in [-0.1, -0.05) is 57.2 Å². The first-order valence-electron chi connectivity index (χ1n) is 10.8. The van der Waals surface area contributed by atoms with E-state index in [0.717, 1.165) is 42.8 Å². The first-order valence-corrected chi connectivity index (χ1v) is 10.8. The fourth-order valence-electron chi connectivity index (χ4n) is 4.80. The van der Waals surface area contributed by atoms with Crippen molar-refractivity contribution in [1.82, 2.24) is 4.90 Å². The van der Waals surface area contributed by atoms with Crippen LogP contribution in [0.1, 0.15) is 51.2 Å². The maximum absolute atomic E-state index is 12.9. The Morgan fingerprint density at radius 3 is 2.06 bits per heavy atom. The SMILES string of the molecule is CC1CC(C)CN(C(O)C(C)(O)C(C)c2ccccc2-c2ccc(C(F)(F)F)cc2)C1. The van der Waals surface area contributed by atoms with E-state index in [0.29, 0.717) is 17.4 Å². The van der Waals surface area contributed by atoms with Gasteiger partial charge in [-0.25, -0.2) is 0 Å². The number of likely N-dealkylation sites (tertiary alicyclic amines) is 1. The number of aliphatic hydroxyl groups is 2. The Bertz CT molecular complexity index is 869. The number of hydrogen-bond donors (Lipinski definition) is 2. The fourth-order valence-corrected chi connectivity index (χ4v) is 4.80. The second-order valence-electron chi connectivity index (χ2n) is 9.38. The molecular formula is C25H32F3NO2. The van der Waals surface area contributed by atoms with E-state index < -0.39 is 29.5 Å². The van der Waals surface area contributed by atoms with Gasteiger partial charge in [0.05, 0.1) is 5.56 Å². The Morgan fingerprint density at radius 2 is 1.52 bits per heavy atom. The van der Waals surface area contributed by atoms with Gasteiger partial charge in [0.15, 0.2) is 0 Å².